The van der Waals surface area contributed by atoms with Crippen molar-refractivity contribution in [2.45, 2.75) is 45.3 Å². The molecule has 2 atom stereocenters. The van der Waals surface area contributed by atoms with Gasteiger partial charge in [0.2, 0.25) is 5.91 Å². The van der Waals surface area contributed by atoms with Crippen LogP contribution in [0.15, 0.2) is 61.3 Å². The summed E-state index contributed by atoms with van der Waals surface area (Å²) in [6.45, 7) is 7.61. The Bertz CT molecular complexity index is 1130. The fraction of sp³-hybridized carbons (Fsp3) is 0.423. The lowest BCUT2D eigenvalue weighted by atomic mass is 9.75. The highest BCUT2D eigenvalue weighted by atomic mass is 19.1. The Labute approximate surface area is 194 Å². The molecule has 2 fully saturated rings. The molecule has 2 aliphatic heterocycles. The molecule has 2 aromatic heterocycles. The highest BCUT2D eigenvalue weighted by molar-refractivity contribution is 5.86. The maximum Gasteiger partial charge on any atom is 0.231 e. The number of halogens is 1. The number of rotatable bonds is 6. The molecule has 5 rings (SSSR count). The molecule has 6 nitrogen and oxygen atoms in total. The van der Waals surface area contributed by atoms with Gasteiger partial charge in [-0.2, -0.15) is 0 Å². The minimum Gasteiger partial charge on any atom is -0.338 e. The molecule has 0 N–H and O–H groups in total. The Morgan fingerprint density at radius 1 is 1.15 bits per heavy atom. The molecular weight excluding hydrogens is 417 g/mol. The summed E-state index contributed by atoms with van der Waals surface area (Å²) >= 11 is 0. The summed E-state index contributed by atoms with van der Waals surface area (Å²) in [5, 5.41) is 0. The number of amides is 1. The molecule has 4 heterocycles. The molecule has 0 aliphatic carbocycles. The quantitative estimate of drug-likeness (QED) is 0.573. The summed E-state index contributed by atoms with van der Waals surface area (Å²) in [6.07, 6.45) is 8.31. The van der Waals surface area contributed by atoms with Crippen molar-refractivity contribution in [1.29, 1.82) is 0 Å². The van der Waals surface area contributed by atoms with Gasteiger partial charge in [0.05, 0.1) is 17.4 Å². The normalized spacial score (nSPS) is 23.3. The third-order valence-corrected chi connectivity index (χ3v) is 7.15. The molecule has 2 saturated heterocycles. The Hall–Kier alpha value is -3.06. The van der Waals surface area contributed by atoms with E-state index in [0.29, 0.717) is 25.7 Å². The summed E-state index contributed by atoms with van der Waals surface area (Å²) in [4.78, 5) is 27.0. The number of carbonyl (C=O) groups excluding carboxylic acids is 1. The lowest BCUT2D eigenvalue weighted by Crippen LogP contribution is -2.39. The Balaban J connectivity index is 1.43. The van der Waals surface area contributed by atoms with Crippen LogP contribution >= 0.6 is 0 Å². The largest absolute Gasteiger partial charge is 0.338 e. The maximum absolute atomic E-state index is 13.9. The van der Waals surface area contributed by atoms with E-state index in [0.717, 1.165) is 36.3 Å². The fourth-order valence-corrected chi connectivity index (χ4v) is 5.40. The van der Waals surface area contributed by atoms with E-state index in [-0.39, 0.29) is 17.6 Å². The Morgan fingerprint density at radius 2 is 1.97 bits per heavy atom. The van der Waals surface area contributed by atoms with Crippen LogP contribution in [0.3, 0.4) is 0 Å². The molecule has 0 saturated carbocycles. The molecule has 0 unspecified atom stereocenters. The number of carbonyl (C=O) groups is 1. The molecule has 0 bridgehead atoms. The highest BCUT2D eigenvalue weighted by Gasteiger charge is 2.57. The molecule has 2 aliphatic rings. The zero-order valence-electron chi connectivity index (χ0n) is 19.2. The van der Waals surface area contributed by atoms with Crippen LogP contribution < -0.4 is 0 Å². The standard InChI is InChI=1S/C26H30FN5O/c1-19(2)32-16-24(29-18-32)23-15-30(13-21-4-3-5-22(27)12-21)17-26(23)8-11-31(25(26)33)14-20-6-9-28-10-7-20/h3-7,9-10,12,16,18-19,23H,8,11,13-15,17H2,1-2H3/t23-,26-/m1/s1. The first-order valence-corrected chi connectivity index (χ1v) is 11.6. The van der Waals surface area contributed by atoms with Gasteiger partial charge in [-0.25, -0.2) is 9.37 Å². The van der Waals surface area contributed by atoms with Crippen LogP contribution in [0.25, 0.3) is 0 Å². The van der Waals surface area contributed by atoms with E-state index in [2.05, 4.69) is 34.5 Å². The highest BCUT2D eigenvalue weighted by Crippen LogP contribution is 2.50. The molecule has 0 radical (unpaired) electrons. The lowest BCUT2D eigenvalue weighted by Gasteiger charge is -2.28. The molecule has 1 spiro atoms. The van der Waals surface area contributed by atoms with E-state index in [1.807, 2.05) is 29.4 Å². The Morgan fingerprint density at radius 3 is 2.70 bits per heavy atom. The first-order valence-electron chi connectivity index (χ1n) is 11.6. The second kappa shape index (κ2) is 8.71. The van der Waals surface area contributed by atoms with Crippen LogP contribution in [0, 0.1) is 11.2 Å². The second-order valence-corrected chi connectivity index (χ2v) is 9.68. The second-order valence-electron chi connectivity index (χ2n) is 9.68. The zero-order valence-corrected chi connectivity index (χ0v) is 19.2. The van der Waals surface area contributed by atoms with Crippen molar-refractivity contribution in [1.82, 2.24) is 24.3 Å². The van der Waals surface area contributed by atoms with Crippen molar-refractivity contribution in [2.24, 2.45) is 5.41 Å². The summed E-state index contributed by atoms with van der Waals surface area (Å²) < 4.78 is 15.9. The number of pyridine rings is 1. The molecular formula is C26H30FN5O. The van der Waals surface area contributed by atoms with E-state index >= 15 is 0 Å². The van der Waals surface area contributed by atoms with Crippen LogP contribution in [0.4, 0.5) is 4.39 Å². The van der Waals surface area contributed by atoms with Crippen molar-refractivity contribution in [3.63, 3.8) is 0 Å². The zero-order chi connectivity index (χ0) is 23.0. The van der Waals surface area contributed by atoms with Gasteiger partial charge in [0.1, 0.15) is 5.82 Å². The topological polar surface area (TPSA) is 54.3 Å². The summed E-state index contributed by atoms with van der Waals surface area (Å²) in [5.41, 5.74) is 2.49. The van der Waals surface area contributed by atoms with Crippen LogP contribution in [0.1, 0.15) is 49.0 Å². The first-order chi connectivity index (χ1) is 15.9. The van der Waals surface area contributed by atoms with Crippen molar-refractivity contribution in [3.8, 4) is 0 Å². The number of hydrogen-bond acceptors (Lipinski definition) is 4. The molecule has 33 heavy (non-hydrogen) atoms. The smallest absolute Gasteiger partial charge is 0.231 e. The average molecular weight is 448 g/mol. The van der Waals surface area contributed by atoms with Gasteiger partial charge >= 0.3 is 0 Å². The van der Waals surface area contributed by atoms with Gasteiger partial charge in [-0.05, 0) is 55.7 Å². The van der Waals surface area contributed by atoms with Gasteiger partial charge in [-0.3, -0.25) is 14.7 Å². The summed E-state index contributed by atoms with van der Waals surface area (Å²) in [5.74, 6) is -0.0137. The molecule has 172 valence electrons. The number of imidazole rings is 1. The number of benzene rings is 1. The van der Waals surface area contributed by atoms with Crippen molar-refractivity contribution in [2.75, 3.05) is 19.6 Å². The third-order valence-electron chi connectivity index (χ3n) is 7.15. The van der Waals surface area contributed by atoms with Crippen LogP contribution in [-0.4, -0.2) is 49.9 Å². The number of nitrogens with zero attached hydrogens (tertiary/aromatic N) is 5. The fourth-order valence-electron chi connectivity index (χ4n) is 5.40. The van der Waals surface area contributed by atoms with Crippen LogP contribution in [0.5, 0.6) is 0 Å². The SMILES string of the molecule is CC(C)n1cnc([C@H]2CN(Cc3cccc(F)c3)C[C@]23CCN(Cc2ccncc2)C3=O)c1. The molecule has 1 amide bonds. The Kier molecular flexibility index (Phi) is 5.74. The van der Waals surface area contributed by atoms with Gasteiger partial charge in [0.25, 0.3) is 0 Å². The van der Waals surface area contributed by atoms with E-state index in [1.54, 1.807) is 24.5 Å². The van der Waals surface area contributed by atoms with Crippen LogP contribution in [-0.2, 0) is 17.9 Å². The molecule has 1 aromatic carbocycles. The number of aromatic nitrogens is 3. The predicted molar refractivity (Wildman–Crippen MR) is 124 cm³/mol. The summed E-state index contributed by atoms with van der Waals surface area (Å²) in [7, 11) is 0. The first kappa shape index (κ1) is 21.8. The van der Waals surface area contributed by atoms with Gasteiger partial charge in [0, 0.05) is 63.3 Å². The van der Waals surface area contributed by atoms with E-state index < -0.39 is 5.41 Å². The minimum absolute atomic E-state index is 0.0148. The summed E-state index contributed by atoms with van der Waals surface area (Å²) in [6, 6.07) is 11.0. The lowest BCUT2D eigenvalue weighted by molar-refractivity contribution is -0.136. The van der Waals surface area contributed by atoms with E-state index in [4.69, 9.17) is 4.98 Å². The minimum atomic E-state index is -0.503. The molecule has 7 heteroatoms. The number of likely N-dealkylation sites (tertiary alicyclic amines) is 2. The van der Waals surface area contributed by atoms with Gasteiger partial charge in [-0.15, -0.1) is 0 Å². The van der Waals surface area contributed by atoms with E-state index in [1.165, 1.54) is 6.07 Å². The van der Waals surface area contributed by atoms with Gasteiger partial charge < -0.3 is 9.47 Å². The van der Waals surface area contributed by atoms with Crippen LogP contribution in [0.2, 0.25) is 0 Å². The van der Waals surface area contributed by atoms with Crippen molar-refractivity contribution >= 4 is 5.91 Å². The van der Waals surface area contributed by atoms with Crippen molar-refractivity contribution < 1.29 is 9.18 Å². The third kappa shape index (κ3) is 4.17. The number of hydrogen-bond donors (Lipinski definition) is 0. The van der Waals surface area contributed by atoms with E-state index in [9.17, 15) is 9.18 Å². The predicted octanol–water partition coefficient (Wildman–Crippen LogP) is 4.02. The van der Waals surface area contributed by atoms with Gasteiger partial charge in [-0.1, -0.05) is 12.1 Å². The average Bonchev–Trinajstić information content (AvgIpc) is 3.49. The monoisotopic (exact) mass is 447 g/mol. The van der Waals surface area contributed by atoms with Gasteiger partial charge in [0.15, 0.2) is 0 Å². The molecule has 3 aromatic rings. The van der Waals surface area contributed by atoms with Crippen molar-refractivity contribution in [3.05, 3.63) is 84.0 Å². The maximum atomic E-state index is 13.9.